The first kappa shape index (κ1) is 17.1. The lowest BCUT2D eigenvalue weighted by atomic mass is 9.48. The smallest absolute Gasteiger partial charge is 0.217 e. The molecule has 5 aliphatic rings. The Morgan fingerprint density at radius 1 is 1.32 bits per heavy atom. The first-order chi connectivity index (χ1) is 13.4. The number of likely N-dealkylation sites (tertiary alicyclic amines) is 1. The number of carbonyl (C=O) groups is 1. The van der Waals surface area contributed by atoms with Crippen LogP contribution in [0.5, 0.6) is 11.5 Å². The van der Waals surface area contributed by atoms with Crippen LogP contribution in [0.4, 0.5) is 0 Å². The molecule has 2 heterocycles. The van der Waals surface area contributed by atoms with Crippen molar-refractivity contribution >= 4 is 5.91 Å². The summed E-state index contributed by atoms with van der Waals surface area (Å²) in [6.45, 7) is 3.54. The topological polar surface area (TPSA) is 82.0 Å². The minimum absolute atomic E-state index is 0.0747. The van der Waals surface area contributed by atoms with Gasteiger partial charge in [-0.05, 0) is 62.6 Å². The first-order valence-corrected chi connectivity index (χ1v) is 10.7. The first-order valence-electron chi connectivity index (χ1n) is 10.7. The number of amides is 1. The third-order valence-electron chi connectivity index (χ3n) is 8.15. The van der Waals surface area contributed by atoms with Crippen molar-refractivity contribution in [1.29, 1.82) is 0 Å². The summed E-state index contributed by atoms with van der Waals surface area (Å²) in [5, 5.41) is 25.8. The van der Waals surface area contributed by atoms with E-state index in [-0.39, 0.29) is 29.8 Å². The Hall–Kier alpha value is -1.79. The highest BCUT2D eigenvalue weighted by Crippen LogP contribution is 2.65. The molecule has 150 valence electrons. The minimum Gasteiger partial charge on any atom is -0.504 e. The van der Waals surface area contributed by atoms with Crippen LogP contribution < -0.4 is 10.1 Å². The maximum Gasteiger partial charge on any atom is 0.217 e. The van der Waals surface area contributed by atoms with E-state index in [2.05, 4.69) is 10.2 Å². The predicted molar refractivity (Wildman–Crippen MR) is 102 cm³/mol. The molecule has 2 saturated carbocycles. The molecule has 1 saturated heterocycles. The van der Waals surface area contributed by atoms with E-state index in [0.29, 0.717) is 18.6 Å². The molecule has 1 spiro atoms. The number of hydrogen-bond acceptors (Lipinski definition) is 5. The average molecular weight is 384 g/mol. The number of nitrogens with one attached hydrogen (secondary N) is 1. The lowest BCUT2D eigenvalue weighted by Crippen LogP contribution is -2.78. The Kier molecular flexibility index (Phi) is 3.31. The van der Waals surface area contributed by atoms with Crippen molar-refractivity contribution in [1.82, 2.24) is 10.2 Å². The van der Waals surface area contributed by atoms with Crippen molar-refractivity contribution in [3.63, 3.8) is 0 Å². The van der Waals surface area contributed by atoms with Gasteiger partial charge in [-0.2, -0.15) is 0 Å². The highest BCUT2D eigenvalue weighted by Gasteiger charge is 2.73. The molecule has 6 heteroatoms. The van der Waals surface area contributed by atoms with Gasteiger partial charge < -0.3 is 20.3 Å². The number of piperidine rings is 1. The summed E-state index contributed by atoms with van der Waals surface area (Å²) in [4.78, 5) is 14.4. The number of carbonyl (C=O) groups excluding carboxylic acids is 1. The summed E-state index contributed by atoms with van der Waals surface area (Å²) >= 11 is 0. The van der Waals surface area contributed by atoms with E-state index in [0.717, 1.165) is 37.4 Å². The van der Waals surface area contributed by atoms with Gasteiger partial charge in [0.25, 0.3) is 0 Å². The lowest BCUT2D eigenvalue weighted by Gasteiger charge is -2.64. The van der Waals surface area contributed by atoms with E-state index in [1.54, 1.807) is 6.07 Å². The van der Waals surface area contributed by atoms with Gasteiger partial charge in [-0.1, -0.05) is 6.07 Å². The van der Waals surface area contributed by atoms with Crippen LogP contribution in [0, 0.1) is 5.92 Å². The van der Waals surface area contributed by atoms with Gasteiger partial charge in [0.1, 0.15) is 6.10 Å². The van der Waals surface area contributed by atoms with E-state index < -0.39 is 11.0 Å². The minimum atomic E-state index is -0.883. The van der Waals surface area contributed by atoms with Crippen molar-refractivity contribution in [2.24, 2.45) is 5.92 Å². The standard InChI is InChI=1S/C22H28N2O4/c1-12(25)23-15-6-7-22(27)17-10-14-4-5-16(26)19-18(14)21(22,20(15)28-19)8-9-24(17)11-13-2-3-13/h4-5,13,15,17,20,26-27H,2-3,6-11H2,1H3,(H,23,25)/t15?,17-,20+,21+,22-/m1/s1. The predicted octanol–water partition coefficient (Wildman–Crippen LogP) is 1.46. The molecule has 3 N–H and O–H groups in total. The number of aromatic hydroxyl groups is 1. The van der Waals surface area contributed by atoms with Crippen LogP contribution in [0.15, 0.2) is 12.1 Å². The third kappa shape index (κ3) is 1.98. The fraction of sp³-hybridized carbons (Fsp3) is 0.682. The molecule has 1 amide bonds. The molecule has 0 aromatic heterocycles. The zero-order valence-corrected chi connectivity index (χ0v) is 16.3. The van der Waals surface area contributed by atoms with Crippen molar-refractivity contribution in [3.05, 3.63) is 23.3 Å². The Morgan fingerprint density at radius 3 is 2.89 bits per heavy atom. The number of phenols is 1. The summed E-state index contributed by atoms with van der Waals surface area (Å²) in [5.41, 5.74) is 0.766. The lowest BCUT2D eigenvalue weighted by molar-refractivity contribution is -0.192. The van der Waals surface area contributed by atoms with Gasteiger partial charge in [0, 0.05) is 25.1 Å². The number of benzene rings is 1. The van der Waals surface area contributed by atoms with Gasteiger partial charge in [-0.3, -0.25) is 9.69 Å². The van der Waals surface area contributed by atoms with Crippen molar-refractivity contribution in [2.45, 2.75) is 74.7 Å². The second-order valence-corrected chi connectivity index (χ2v) is 9.64. The van der Waals surface area contributed by atoms with Crippen molar-refractivity contribution in [3.8, 4) is 11.5 Å². The third-order valence-corrected chi connectivity index (χ3v) is 8.15. The second kappa shape index (κ2) is 5.42. The largest absolute Gasteiger partial charge is 0.504 e. The Bertz CT molecular complexity index is 868. The Labute approximate surface area is 164 Å². The summed E-state index contributed by atoms with van der Waals surface area (Å²) in [6.07, 6.45) is 5.22. The van der Waals surface area contributed by atoms with Crippen molar-refractivity contribution in [2.75, 3.05) is 13.1 Å². The fourth-order valence-electron chi connectivity index (χ4n) is 6.89. The summed E-state index contributed by atoms with van der Waals surface area (Å²) in [6, 6.07) is 3.66. The number of ether oxygens (including phenoxy) is 1. The zero-order chi connectivity index (χ0) is 19.3. The van der Waals surface area contributed by atoms with Crippen molar-refractivity contribution < 1.29 is 19.7 Å². The van der Waals surface area contributed by atoms with Crippen LogP contribution in [0.25, 0.3) is 0 Å². The molecule has 1 aromatic rings. The summed E-state index contributed by atoms with van der Waals surface area (Å²) in [7, 11) is 0. The zero-order valence-electron chi connectivity index (χ0n) is 16.3. The van der Waals surface area contributed by atoms with Crippen LogP contribution in [-0.2, 0) is 16.6 Å². The number of rotatable bonds is 3. The molecule has 6 nitrogen and oxygen atoms in total. The number of nitrogens with zero attached hydrogens (tertiary/aromatic N) is 1. The van der Waals surface area contributed by atoms with Gasteiger partial charge in [0.15, 0.2) is 11.5 Å². The molecule has 2 bridgehead atoms. The van der Waals surface area contributed by atoms with Crippen LogP contribution in [0.3, 0.4) is 0 Å². The molecule has 2 aliphatic heterocycles. The SMILES string of the molecule is CC(=O)NC1CC[C@@]2(O)[C@H]3Cc4ccc(O)c5c4[C@@]2(CCN3CC2CC2)[C@H]1O5. The molecule has 28 heavy (non-hydrogen) atoms. The molecule has 5 atom stereocenters. The second-order valence-electron chi connectivity index (χ2n) is 9.64. The van der Waals surface area contributed by atoms with E-state index in [4.69, 9.17) is 4.74 Å². The van der Waals surface area contributed by atoms with E-state index in [9.17, 15) is 15.0 Å². The fourth-order valence-corrected chi connectivity index (χ4v) is 6.89. The molecule has 3 aliphatic carbocycles. The van der Waals surface area contributed by atoms with Gasteiger partial charge in [-0.15, -0.1) is 0 Å². The maximum atomic E-state index is 12.2. The molecule has 1 aromatic carbocycles. The molecule has 6 rings (SSSR count). The average Bonchev–Trinajstić information content (AvgIpc) is 3.38. The molecule has 1 unspecified atom stereocenters. The molecule has 0 radical (unpaired) electrons. The molecular formula is C22H28N2O4. The maximum absolute atomic E-state index is 12.2. The van der Waals surface area contributed by atoms with Gasteiger partial charge >= 0.3 is 0 Å². The van der Waals surface area contributed by atoms with E-state index in [1.807, 2.05) is 6.07 Å². The summed E-state index contributed by atoms with van der Waals surface area (Å²) in [5.74, 6) is 1.38. The number of hydrogen-bond donors (Lipinski definition) is 3. The van der Waals surface area contributed by atoms with E-state index in [1.165, 1.54) is 25.3 Å². The van der Waals surface area contributed by atoms with E-state index >= 15 is 0 Å². The highest BCUT2D eigenvalue weighted by atomic mass is 16.5. The van der Waals surface area contributed by atoms with Gasteiger partial charge in [0.2, 0.25) is 5.91 Å². The number of aliphatic hydroxyl groups is 1. The van der Waals surface area contributed by atoms with Crippen LogP contribution in [-0.4, -0.2) is 57.9 Å². The van der Waals surface area contributed by atoms with Crippen LogP contribution in [0.2, 0.25) is 0 Å². The Balaban J connectivity index is 1.52. The summed E-state index contributed by atoms with van der Waals surface area (Å²) < 4.78 is 6.37. The highest BCUT2D eigenvalue weighted by molar-refractivity contribution is 5.73. The molecular weight excluding hydrogens is 356 g/mol. The normalized spacial score (nSPS) is 40.6. The Morgan fingerprint density at radius 2 is 2.14 bits per heavy atom. The van der Waals surface area contributed by atoms with Gasteiger partial charge in [0.05, 0.1) is 17.1 Å². The quantitative estimate of drug-likeness (QED) is 0.735. The molecule has 3 fully saturated rings. The van der Waals surface area contributed by atoms with Crippen LogP contribution in [0.1, 0.15) is 50.2 Å². The monoisotopic (exact) mass is 384 g/mol. The number of phenolic OH excluding ortho intramolecular Hbond substituents is 1. The van der Waals surface area contributed by atoms with Crippen LogP contribution >= 0.6 is 0 Å². The van der Waals surface area contributed by atoms with Gasteiger partial charge in [-0.25, -0.2) is 0 Å².